The fourth-order valence-electron chi connectivity index (χ4n) is 2.16. The van der Waals surface area contributed by atoms with Crippen molar-refractivity contribution in [1.29, 1.82) is 0 Å². The second-order valence-electron chi connectivity index (χ2n) is 4.75. The Kier molecular flexibility index (Phi) is 4.73. The number of nitrogens with zero attached hydrogens (tertiary/aromatic N) is 2. The van der Waals surface area contributed by atoms with Crippen molar-refractivity contribution in [3.8, 4) is 0 Å². The average molecular weight is 337 g/mol. The molecule has 1 saturated heterocycles. The van der Waals surface area contributed by atoms with Crippen LogP contribution < -0.4 is 0 Å². The van der Waals surface area contributed by atoms with E-state index in [-0.39, 0.29) is 0 Å². The van der Waals surface area contributed by atoms with Crippen LogP contribution >= 0.6 is 35.0 Å². The molecule has 1 aliphatic heterocycles. The summed E-state index contributed by atoms with van der Waals surface area (Å²) in [6.45, 7) is 1.88. The molecular weight excluding hydrogens is 323 g/mol. The van der Waals surface area contributed by atoms with E-state index in [0.717, 1.165) is 29.7 Å². The average Bonchev–Trinajstić information content (AvgIpc) is 2.90. The van der Waals surface area contributed by atoms with Gasteiger partial charge in [0.2, 0.25) is 0 Å². The number of rotatable bonds is 3. The Hall–Kier alpha value is -1.16. The van der Waals surface area contributed by atoms with E-state index in [2.05, 4.69) is 29.2 Å². The van der Waals surface area contributed by atoms with Crippen molar-refractivity contribution in [2.24, 2.45) is 4.99 Å². The van der Waals surface area contributed by atoms with E-state index < -0.39 is 0 Å². The zero-order valence-corrected chi connectivity index (χ0v) is 13.6. The summed E-state index contributed by atoms with van der Waals surface area (Å²) in [5.74, 6) is 1.05. The highest BCUT2D eigenvalue weighted by atomic mass is 35.5. The molecule has 2 nitrogen and oxygen atoms in total. The maximum atomic E-state index is 6.20. The normalized spacial score (nSPS) is 16.7. The van der Waals surface area contributed by atoms with E-state index in [4.69, 9.17) is 28.2 Å². The third kappa shape index (κ3) is 3.73. The first kappa shape index (κ1) is 14.8. The van der Waals surface area contributed by atoms with Gasteiger partial charge in [-0.1, -0.05) is 65.3 Å². The summed E-state index contributed by atoms with van der Waals surface area (Å²) >= 11 is 13.9. The molecule has 0 aliphatic carbocycles. The Balaban J connectivity index is 1.81. The van der Waals surface area contributed by atoms with Crippen molar-refractivity contribution in [2.45, 2.75) is 6.54 Å². The van der Waals surface area contributed by atoms with Crippen molar-refractivity contribution in [3.63, 3.8) is 0 Å². The fraction of sp³-hybridized carbons (Fsp3) is 0.188. The molecule has 2 aromatic carbocycles. The van der Waals surface area contributed by atoms with Gasteiger partial charge in [0.15, 0.2) is 5.17 Å². The van der Waals surface area contributed by atoms with Crippen LogP contribution in [0.3, 0.4) is 0 Å². The maximum Gasteiger partial charge on any atom is 0.164 e. The molecule has 5 heteroatoms. The molecule has 0 unspecified atom stereocenters. The van der Waals surface area contributed by atoms with Gasteiger partial charge in [-0.25, -0.2) is 4.99 Å². The number of amidine groups is 1. The van der Waals surface area contributed by atoms with Crippen LogP contribution in [-0.4, -0.2) is 22.4 Å². The van der Waals surface area contributed by atoms with Gasteiger partial charge >= 0.3 is 0 Å². The largest absolute Gasteiger partial charge is 0.346 e. The first-order valence-electron chi connectivity index (χ1n) is 6.68. The summed E-state index contributed by atoms with van der Waals surface area (Å²) in [5, 5.41) is 2.23. The van der Waals surface area contributed by atoms with Crippen LogP contribution in [0, 0.1) is 0 Å². The number of aliphatic imine (C=N–C) groups is 1. The SMILES string of the molecule is Clc1ccc(N=C2SCCN2Cc2ccccc2)c(Cl)c1. The van der Waals surface area contributed by atoms with Crippen molar-refractivity contribution < 1.29 is 0 Å². The Labute approximate surface area is 138 Å². The standard InChI is InChI=1S/C16H14Cl2N2S/c17-13-6-7-15(14(18)10-13)19-16-20(8-9-21-16)11-12-4-2-1-3-5-12/h1-7,10H,8-9,11H2. The minimum Gasteiger partial charge on any atom is -0.346 e. The van der Waals surface area contributed by atoms with Gasteiger partial charge in [0.25, 0.3) is 0 Å². The van der Waals surface area contributed by atoms with Crippen molar-refractivity contribution in [3.05, 3.63) is 64.1 Å². The van der Waals surface area contributed by atoms with Gasteiger partial charge in [-0.15, -0.1) is 0 Å². The number of hydrogen-bond donors (Lipinski definition) is 0. The third-order valence-corrected chi connectivity index (χ3v) is 4.74. The smallest absolute Gasteiger partial charge is 0.164 e. The summed E-state index contributed by atoms with van der Waals surface area (Å²) in [4.78, 5) is 6.97. The third-order valence-electron chi connectivity index (χ3n) is 3.20. The molecule has 0 amide bonds. The van der Waals surface area contributed by atoms with Gasteiger partial charge in [-0.3, -0.25) is 0 Å². The van der Waals surface area contributed by atoms with Crippen LogP contribution in [0.25, 0.3) is 0 Å². The second-order valence-corrected chi connectivity index (χ2v) is 6.65. The van der Waals surface area contributed by atoms with Gasteiger partial charge in [0.05, 0.1) is 10.7 Å². The lowest BCUT2D eigenvalue weighted by atomic mass is 10.2. The number of hydrogen-bond acceptors (Lipinski definition) is 2. The van der Waals surface area contributed by atoms with Crippen LogP contribution in [0.15, 0.2) is 53.5 Å². The molecule has 0 radical (unpaired) electrons. The topological polar surface area (TPSA) is 15.6 Å². The minimum atomic E-state index is 0.585. The fourth-order valence-corrected chi connectivity index (χ4v) is 3.61. The lowest BCUT2D eigenvalue weighted by molar-refractivity contribution is 0.457. The quantitative estimate of drug-likeness (QED) is 0.762. The number of halogens is 2. The highest BCUT2D eigenvalue weighted by Gasteiger charge is 2.20. The summed E-state index contributed by atoms with van der Waals surface area (Å²) in [5.41, 5.74) is 2.05. The van der Waals surface area contributed by atoms with Crippen molar-refractivity contribution >= 4 is 45.8 Å². The van der Waals surface area contributed by atoms with Crippen molar-refractivity contribution in [1.82, 2.24) is 4.90 Å². The second kappa shape index (κ2) is 6.73. The summed E-state index contributed by atoms with van der Waals surface area (Å²) in [6, 6.07) is 15.8. The molecule has 0 aromatic heterocycles. The van der Waals surface area contributed by atoms with E-state index >= 15 is 0 Å². The first-order chi connectivity index (χ1) is 10.2. The van der Waals surface area contributed by atoms with Crippen LogP contribution in [0.2, 0.25) is 10.0 Å². The predicted molar refractivity (Wildman–Crippen MR) is 92.9 cm³/mol. The van der Waals surface area contributed by atoms with E-state index in [9.17, 15) is 0 Å². The van der Waals surface area contributed by atoms with E-state index in [1.165, 1.54) is 5.56 Å². The monoisotopic (exact) mass is 336 g/mol. The zero-order valence-electron chi connectivity index (χ0n) is 11.3. The molecule has 0 spiro atoms. The molecule has 0 atom stereocenters. The van der Waals surface area contributed by atoms with Gasteiger partial charge in [-0.05, 0) is 23.8 Å². The molecule has 0 saturated carbocycles. The summed E-state index contributed by atoms with van der Waals surface area (Å²) in [6.07, 6.45) is 0. The predicted octanol–water partition coefficient (Wildman–Crippen LogP) is 5.23. The molecule has 2 aromatic rings. The first-order valence-corrected chi connectivity index (χ1v) is 8.42. The van der Waals surface area contributed by atoms with Gasteiger partial charge in [-0.2, -0.15) is 0 Å². The van der Waals surface area contributed by atoms with Gasteiger partial charge in [0.1, 0.15) is 0 Å². The minimum absolute atomic E-state index is 0.585. The van der Waals surface area contributed by atoms with Crippen molar-refractivity contribution in [2.75, 3.05) is 12.3 Å². The molecule has 1 aliphatic rings. The van der Waals surface area contributed by atoms with Crippen LogP contribution in [0.1, 0.15) is 5.56 Å². The zero-order chi connectivity index (χ0) is 14.7. The van der Waals surface area contributed by atoms with Crippen LogP contribution in [0.5, 0.6) is 0 Å². The molecule has 1 heterocycles. The highest BCUT2D eigenvalue weighted by molar-refractivity contribution is 8.14. The Bertz CT molecular complexity index is 659. The summed E-state index contributed by atoms with van der Waals surface area (Å²) in [7, 11) is 0. The van der Waals surface area contributed by atoms with Gasteiger partial charge < -0.3 is 4.90 Å². The number of thioether (sulfide) groups is 1. The molecule has 21 heavy (non-hydrogen) atoms. The molecular formula is C16H14Cl2N2S. The lowest BCUT2D eigenvalue weighted by Gasteiger charge is -2.18. The Morgan fingerprint density at radius 3 is 2.67 bits per heavy atom. The maximum absolute atomic E-state index is 6.20. The van der Waals surface area contributed by atoms with E-state index in [1.807, 2.05) is 18.2 Å². The number of benzene rings is 2. The highest BCUT2D eigenvalue weighted by Crippen LogP contribution is 2.31. The molecule has 1 fully saturated rings. The van der Waals surface area contributed by atoms with Crippen LogP contribution in [-0.2, 0) is 6.54 Å². The van der Waals surface area contributed by atoms with Gasteiger partial charge in [0, 0.05) is 23.9 Å². The molecule has 3 rings (SSSR count). The van der Waals surface area contributed by atoms with E-state index in [1.54, 1.807) is 17.8 Å². The Morgan fingerprint density at radius 1 is 1.10 bits per heavy atom. The molecule has 108 valence electrons. The molecule has 0 N–H and O–H groups in total. The van der Waals surface area contributed by atoms with Crippen LogP contribution in [0.4, 0.5) is 5.69 Å². The molecule has 0 bridgehead atoms. The lowest BCUT2D eigenvalue weighted by Crippen LogP contribution is -2.23. The van der Waals surface area contributed by atoms with E-state index in [0.29, 0.717) is 10.0 Å². The summed E-state index contributed by atoms with van der Waals surface area (Å²) < 4.78 is 0. The Morgan fingerprint density at radius 2 is 1.90 bits per heavy atom.